The van der Waals surface area contributed by atoms with Crippen LogP contribution in [-0.2, 0) is 15.4 Å². The Morgan fingerprint density at radius 2 is 1.94 bits per heavy atom. The maximum Gasteiger partial charge on any atom is 0.242 e. The van der Waals surface area contributed by atoms with Crippen LogP contribution in [0.1, 0.15) is 56.4 Å². The molecule has 1 spiro atoms. The van der Waals surface area contributed by atoms with Crippen molar-refractivity contribution in [2.75, 3.05) is 11.9 Å². The van der Waals surface area contributed by atoms with Crippen LogP contribution in [-0.4, -0.2) is 42.2 Å². The van der Waals surface area contributed by atoms with E-state index in [9.17, 15) is 13.5 Å². The molecule has 3 N–H and O–H groups in total. The highest BCUT2D eigenvalue weighted by Gasteiger charge is 2.57. The van der Waals surface area contributed by atoms with Gasteiger partial charge in [-0.05, 0) is 61.8 Å². The summed E-state index contributed by atoms with van der Waals surface area (Å²) >= 11 is 0. The van der Waals surface area contributed by atoms with Crippen LogP contribution in [0.15, 0.2) is 35.5 Å². The molecule has 2 heterocycles. The molecule has 31 heavy (non-hydrogen) atoms. The minimum absolute atomic E-state index is 0.0482. The number of nitrogens with zero attached hydrogens (tertiary/aromatic N) is 2. The molecule has 0 aliphatic heterocycles. The summed E-state index contributed by atoms with van der Waals surface area (Å²) in [5.74, 6) is 0.619. The van der Waals surface area contributed by atoms with Gasteiger partial charge in [-0.1, -0.05) is 26.3 Å². The zero-order valence-electron chi connectivity index (χ0n) is 18.6. The third kappa shape index (κ3) is 4.21. The van der Waals surface area contributed by atoms with E-state index in [-0.39, 0.29) is 15.7 Å². The molecule has 0 amide bonds. The van der Waals surface area contributed by atoms with E-state index < -0.39 is 22.2 Å². The predicted molar refractivity (Wildman–Crippen MR) is 120 cm³/mol. The van der Waals surface area contributed by atoms with Gasteiger partial charge in [-0.15, -0.1) is 0 Å². The Hall–Kier alpha value is -2.03. The number of rotatable bonds is 7. The number of nitrogens with one attached hydrogen (secondary N) is 2. The summed E-state index contributed by atoms with van der Waals surface area (Å²) in [5.41, 5.74) is 2.45. The average molecular weight is 445 g/mol. The first-order valence-corrected chi connectivity index (χ1v) is 12.3. The van der Waals surface area contributed by atoms with Crippen LogP contribution in [0, 0.1) is 19.3 Å². The van der Waals surface area contributed by atoms with Crippen LogP contribution in [0.25, 0.3) is 0 Å². The topological polar surface area (TPSA) is 104 Å². The van der Waals surface area contributed by atoms with Gasteiger partial charge in [0.1, 0.15) is 10.7 Å². The van der Waals surface area contributed by atoms with Crippen molar-refractivity contribution in [1.82, 2.24) is 14.7 Å². The van der Waals surface area contributed by atoms with E-state index in [2.05, 4.69) is 33.9 Å². The van der Waals surface area contributed by atoms with E-state index in [1.54, 1.807) is 13.0 Å². The lowest BCUT2D eigenvalue weighted by molar-refractivity contribution is -0.136. The summed E-state index contributed by atoms with van der Waals surface area (Å²) in [4.78, 5) is 9.01. The number of hydrogen-bond acceptors (Lipinski definition) is 6. The molecule has 2 fully saturated rings. The van der Waals surface area contributed by atoms with Crippen molar-refractivity contribution in [3.8, 4) is 0 Å². The second-order valence-corrected chi connectivity index (χ2v) is 11.6. The van der Waals surface area contributed by atoms with Crippen LogP contribution < -0.4 is 10.0 Å². The van der Waals surface area contributed by atoms with Crippen LogP contribution in [0.3, 0.4) is 0 Å². The fourth-order valence-electron chi connectivity index (χ4n) is 4.63. The molecule has 0 aromatic carbocycles. The van der Waals surface area contributed by atoms with E-state index in [0.717, 1.165) is 30.5 Å². The molecule has 2 aliphatic rings. The lowest BCUT2D eigenvalue weighted by Gasteiger charge is -2.58. The number of hydrogen-bond donors (Lipinski definition) is 3. The van der Waals surface area contributed by atoms with Gasteiger partial charge in [-0.2, -0.15) is 0 Å². The Labute approximate surface area is 184 Å². The number of aliphatic hydroxyl groups is 1. The third-order valence-electron chi connectivity index (χ3n) is 6.96. The number of anilines is 1. The van der Waals surface area contributed by atoms with E-state index in [1.165, 1.54) is 6.20 Å². The van der Waals surface area contributed by atoms with Gasteiger partial charge < -0.3 is 10.4 Å². The Morgan fingerprint density at radius 3 is 2.48 bits per heavy atom. The van der Waals surface area contributed by atoms with Gasteiger partial charge in [0.2, 0.25) is 10.0 Å². The number of aryl methyl sites for hydroxylation is 2. The monoisotopic (exact) mass is 444 g/mol. The van der Waals surface area contributed by atoms with Crippen molar-refractivity contribution in [2.24, 2.45) is 5.41 Å². The van der Waals surface area contributed by atoms with Gasteiger partial charge in [-0.25, -0.2) is 18.1 Å². The van der Waals surface area contributed by atoms with E-state index >= 15 is 0 Å². The highest BCUT2D eigenvalue weighted by atomic mass is 32.2. The summed E-state index contributed by atoms with van der Waals surface area (Å²) < 4.78 is 28.4. The second kappa shape index (κ2) is 7.83. The highest BCUT2D eigenvalue weighted by Crippen LogP contribution is 2.56. The summed E-state index contributed by atoms with van der Waals surface area (Å²) in [7, 11) is -3.74. The van der Waals surface area contributed by atoms with Gasteiger partial charge in [0.05, 0.1) is 6.10 Å². The number of aliphatic hydroxyl groups excluding tert-OH is 1. The molecule has 2 atom stereocenters. The van der Waals surface area contributed by atoms with Gasteiger partial charge in [0.15, 0.2) is 0 Å². The molecule has 2 unspecified atom stereocenters. The van der Waals surface area contributed by atoms with E-state index in [0.29, 0.717) is 24.3 Å². The largest absolute Gasteiger partial charge is 0.391 e. The summed E-state index contributed by atoms with van der Waals surface area (Å²) in [6, 6.07) is 5.41. The Morgan fingerprint density at radius 1 is 1.19 bits per heavy atom. The summed E-state index contributed by atoms with van der Waals surface area (Å²) in [6.45, 7) is 8.59. The Bertz CT molecular complexity index is 1060. The highest BCUT2D eigenvalue weighted by molar-refractivity contribution is 7.89. The molecule has 168 valence electrons. The van der Waals surface area contributed by atoms with Crippen molar-refractivity contribution >= 4 is 15.8 Å². The Kier molecular flexibility index (Phi) is 5.60. The average Bonchev–Trinajstić information content (AvgIpc) is 2.68. The summed E-state index contributed by atoms with van der Waals surface area (Å²) in [5, 5.41) is 13.7. The van der Waals surface area contributed by atoms with Crippen LogP contribution >= 0.6 is 0 Å². The predicted octanol–water partition coefficient (Wildman–Crippen LogP) is 3.06. The smallest absolute Gasteiger partial charge is 0.242 e. The maximum absolute atomic E-state index is 12.9. The lowest BCUT2D eigenvalue weighted by atomic mass is 9.52. The normalized spacial score (nSPS) is 22.6. The maximum atomic E-state index is 12.9. The van der Waals surface area contributed by atoms with Gasteiger partial charge in [0, 0.05) is 36.1 Å². The molecular formula is C23H32N4O3S. The first-order chi connectivity index (χ1) is 14.5. The molecular weight excluding hydrogens is 412 g/mol. The third-order valence-corrected chi connectivity index (χ3v) is 8.58. The summed E-state index contributed by atoms with van der Waals surface area (Å²) in [6.07, 6.45) is 6.46. The van der Waals surface area contributed by atoms with Crippen LogP contribution in [0.2, 0.25) is 0 Å². The molecule has 0 bridgehead atoms. The number of aromatic nitrogens is 2. The molecule has 4 rings (SSSR count). The molecule has 0 radical (unpaired) electrons. The van der Waals surface area contributed by atoms with Gasteiger partial charge in [0.25, 0.3) is 0 Å². The molecule has 2 saturated carbocycles. The minimum atomic E-state index is -3.74. The van der Waals surface area contributed by atoms with E-state index in [4.69, 9.17) is 0 Å². The lowest BCUT2D eigenvalue weighted by Crippen LogP contribution is -2.65. The molecule has 2 aromatic rings. The number of sulfonamides is 1. The fourth-order valence-corrected chi connectivity index (χ4v) is 6.04. The first kappa shape index (κ1) is 22.2. The van der Waals surface area contributed by atoms with Crippen molar-refractivity contribution in [3.05, 3.63) is 47.4 Å². The molecule has 2 aromatic heterocycles. The number of pyridine rings is 2. The molecule has 7 nitrogen and oxygen atoms in total. The van der Waals surface area contributed by atoms with Crippen molar-refractivity contribution < 1.29 is 13.5 Å². The molecule has 0 saturated heterocycles. The van der Waals surface area contributed by atoms with Crippen molar-refractivity contribution in [2.45, 2.75) is 75.8 Å². The van der Waals surface area contributed by atoms with Gasteiger partial charge >= 0.3 is 0 Å². The zero-order valence-corrected chi connectivity index (χ0v) is 19.5. The van der Waals surface area contributed by atoms with Crippen LogP contribution in [0.4, 0.5) is 5.82 Å². The second-order valence-electron chi connectivity index (χ2n) is 9.89. The van der Waals surface area contributed by atoms with Crippen molar-refractivity contribution in [3.63, 3.8) is 0 Å². The van der Waals surface area contributed by atoms with E-state index in [1.807, 2.05) is 25.3 Å². The molecule has 8 heteroatoms. The Balaban J connectivity index is 1.41. The van der Waals surface area contributed by atoms with Crippen molar-refractivity contribution in [1.29, 1.82) is 0 Å². The minimum Gasteiger partial charge on any atom is -0.391 e. The first-order valence-electron chi connectivity index (χ1n) is 10.9. The van der Waals surface area contributed by atoms with Gasteiger partial charge in [-0.3, -0.25) is 4.98 Å². The standard InChI is InChI=1S/C23H32N4O3S/c1-15-6-7-19(24-12-15)22(3,4)14-26-20-10-16(2)18(13-25-20)31(29,30)27-17-11-23(21(17)28)8-5-9-23/h6-7,10,12-13,17,21,27-28H,5,8-9,11,14H2,1-4H3,(H,25,26). The van der Waals surface area contributed by atoms with Crippen LogP contribution in [0.5, 0.6) is 0 Å². The SMILES string of the molecule is Cc1ccc(C(C)(C)CNc2cc(C)c(S(=O)(=O)NC3CC4(CCC4)C3O)cn2)nc1. The zero-order chi connectivity index (χ0) is 22.4. The molecule has 2 aliphatic carbocycles. The fraction of sp³-hybridized carbons (Fsp3) is 0.565. The quantitative estimate of drug-likeness (QED) is 0.606.